The SMILES string of the molecule is CCCNCCCS(=O)(=O)N(C)c1ccccc1C. The van der Waals surface area contributed by atoms with Crippen molar-refractivity contribution in [1.29, 1.82) is 0 Å². The molecule has 0 aliphatic rings. The summed E-state index contributed by atoms with van der Waals surface area (Å²) in [6, 6.07) is 7.53. The van der Waals surface area contributed by atoms with E-state index in [2.05, 4.69) is 12.2 Å². The Morgan fingerprint density at radius 1 is 1.21 bits per heavy atom. The molecule has 0 aliphatic carbocycles. The van der Waals surface area contributed by atoms with Crippen molar-refractivity contribution in [1.82, 2.24) is 5.32 Å². The summed E-state index contributed by atoms with van der Waals surface area (Å²) in [6.45, 7) is 5.70. The first-order valence-corrected chi connectivity index (χ1v) is 8.33. The number of hydrogen-bond acceptors (Lipinski definition) is 3. The molecule has 4 nitrogen and oxygen atoms in total. The van der Waals surface area contributed by atoms with Crippen molar-refractivity contribution in [3.63, 3.8) is 0 Å². The maximum absolute atomic E-state index is 12.2. The van der Waals surface area contributed by atoms with Gasteiger partial charge in [0.1, 0.15) is 0 Å². The summed E-state index contributed by atoms with van der Waals surface area (Å²) in [5, 5.41) is 3.21. The zero-order valence-corrected chi connectivity index (χ0v) is 12.8. The molecule has 0 saturated heterocycles. The topological polar surface area (TPSA) is 49.4 Å². The summed E-state index contributed by atoms with van der Waals surface area (Å²) in [5.74, 6) is 0.175. The maximum atomic E-state index is 12.2. The Bertz CT molecular complexity index is 486. The molecule has 0 amide bonds. The highest BCUT2D eigenvalue weighted by molar-refractivity contribution is 7.92. The fourth-order valence-corrected chi connectivity index (χ4v) is 3.17. The van der Waals surface area contributed by atoms with Crippen LogP contribution >= 0.6 is 0 Å². The van der Waals surface area contributed by atoms with Crippen LogP contribution in [0.1, 0.15) is 25.3 Å². The van der Waals surface area contributed by atoms with E-state index in [9.17, 15) is 8.42 Å². The van der Waals surface area contributed by atoms with Gasteiger partial charge in [-0.1, -0.05) is 25.1 Å². The minimum atomic E-state index is -3.23. The average Bonchev–Trinajstić information content (AvgIpc) is 2.38. The van der Waals surface area contributed by atoms with Gasteiger partial charge in [-0.05, 0) is 44.5 Å². The highest BCUT2D eigenvalue weighted by Gasteiger charge is 2.18. The molecule has 0 heterocycles. The first-order chi connectivity index (χ1) is 8.99. The monoisotopic (exact) mass is 284 g/mol. The van der Waals surface area contributed by atoms with Gasteiger partial charge in [0.05, 0.1) is 11.4 Å². The van der Waals surface area contributed by atoms with Gasteiger partial charge in [-0.3, -0.25) is 4.31 Å². The normalized spacial score (nSPS) is 11.5. The second kappa shape index (κ2) is 7.50. The lowest BCUT2D eigenvalue weighted by Gasteiger charge is -2.21. The Balaban J connectivity index is 2.60. The summed E-state index contributed by atoms with van der Waals surface area (Å²) in [4.78, 5) is 0. The second-order valence-electron chi connectivity index (χ2n) is 4.67. The van der Waals surface area contributed by atoms with Gasteiger partial charge >= 0.3 is 0 Å². The Kier molecular flexibility index (Phi) is 6.31. The van der Waals surface area contributed by atoms with Gasteiger partial charge in [0, 0.05) is 7.05 Å². The van der Waals surface area contributed by atoms with Crippen molar-refractivity contribution in [2.75, 3.05) is 30.2 Å². The molecule has 0 aliphatic heterocycles. The van der Waals surface area contributed by atoms with Crippen molar-refractivity contribution < 1.29 is 8.42 Å². The van der Waals surface area contributed by atoms with E-state index >= 15 is 0 Å². The van der Waals surface area contributed by atoms with Gasteiger partial charge < -0.3 is 5.32 Å². The van der Waals surface area contributed by atoms with Gasteiger partial charge in [0.15, 0.2) is 0 Å². The number of nitrogens with one attached hydrogen (secondary N) is 1. The number of sulfonamides is 1. The van der Waals surface area contributed by atoms with Crippen LogP contribution in [0.4, 0.5) is 5.69 Å². The molecule has 0 atom stereocenters. The molecule has 0 aromatic heterocycles. The summed E-state index contributed by atoms with van der Waals surface area (Å²) >= 11 is 0. The highest BCUT2D eigenvalue weighted by Crippen LogP contribution is 2.20. The van der Waals surface area contributed by atoms with Crippen LogP contribution in [0.25, 0.3) is 0 Å². The van der Waals surface area contributed by atoms with Gasteiger partial charge in [-0.15, -0.1) is 0 Å². The molecule has 0 bridgehead atoms. The fraction of sp³-hybridized carbons (Fsp3) is 0.571. The summed E-state index contributed by atoms with van der Waals surface area (Å²) in [5.41, 5.74) is 1.72. The smallest absolute Gasteiger partial charge is 0.234 e. The van der Waals surface area contributed by atoms with Crippen LogP contribution < -0.4 is 9.62 Å². The Labute approximate surface area is 116 Å². The molecule has 108 valence electrons. The van der Waals surface area contributed by atoms with Crippen molar-refractivity contribution in [2.24, 2.45) is 0 Å². The largest absolute Gasteiger partial charge is 0.317 e. The van der Waals surface area contributed by atoms with E-state index < -0.39 is 10.0 Å². The number of rotatable bonds is 8. The second-order valence-corrected chi connectivity index (χ2v) is 6.79. The van der Waals surface area contributed by atoms with Crippen LogP contribution in [0.3, 0.4) is 0 Å². The van der Waals surface area contributed by atoms with Crippen LogP contribution in [0.15, 0.2) is 24.3 Å². The van der Waals surface area contributed by atoms with Crippen LogP contribution in [0, 0.1) is 6.92 Å². The first-order valence-electron chi connectivity index (χ1n) is 6.72. The first kappa shape index (κ1) is 16.0. The fourth-order valence-electron chi connectivity index (χ4n) is 1.88. The molecule has 1 N–H and O–H groups in total. The lowest BCUT2D eigenvalue weighted by atomic mass is 10.2. The summed E-state index contributed by atoms with van der Waals surface area (Å²) < 4.78 is 25.8. The predicted octanol–water partition coefficient (Wildman–Crippen LogP) is 2.15. The van der Waals surface area contributed by atoms with Gasteiger partial charge in [-0.25, -0.2) is 8.42 Å². The van der Waals surface area contributed by atoms with E-state index in [4.69, 9.17) is 0 Å². The number of benzene rings is 1. The van der Waals surface area contributed by atoms with E-state index in [0.29, 0.717) is 6.42 Å². The zero-order valence-electron chi connectivity index (χ0n) is 12.0. The maximum Gasteiger partial charge on any atom is 0.234 e. The van der Waals surface area contributed by atoms with Gasteiger partial charge in [-0.2, -0.15) is 0 Å². The van der Waals surface area contributed by atoms with E-state index in [0.717, 1.165) is 30.8 Å². The van der Waals surface area contributed by atoms with Crippen LogP contribution in [0.5, 0.6) is 0 Å². The standard InChI is InChI=1S/C14H24N2O2S/c1-4-10-15-11-7-12-19(17,18)16(3)14-9-6-5-8-13(14)2/h5-6,8-9,15H,4,7,10-12H2,1-3H3. The molecule has 0 fully saturated rings. The van der Waals surface area contributed by atoms with Crippen molar-refractivity contribution >= 4 is 15.7 Å². The van der Waals surface area contributed by atoms with Crippen LogP contribution in [-0.2, 0) is 10.0 Å². The molecular formula is C14H24N2O2S. The predicted molar refractivity (Wildman–Crippen MR) is 81.1 cm³/mol. The molecule has 0 unspecified atom stereocenters. The number of nitrogens with zero attached hydrogens (tertiary/aromatic N) is 1. The number of hydrogen-bond donors (Lipinski definition) is 1. The molecule has 1 rings (SSSR count). The van der Waals surface area contributed by atoms with E-state index in [-0.39, 0.29) is 5.75 Å². The minimum Gasteiger partial charge on any atom is -0.317 e. The van der Waals surface area contributed by atoms with E-state index in [1.54, 1.807) is 7.05 Å². The minimum absolute atomic E-state index is 0.175. The summed E-state index contributed by atoms with van der Waals surface area (Å²) in [6.07, 6.45) is 1.70. The molecule has 0 saturated carbocycles. The van der Waals surface area contributed by atoms with Crippen LogP contribution in [0.2, 0.25) is 0 Å². The number of aryl methyl sites for hydroxylation is 1. The molecule has 19 heavy (non-hydrogen) atoms. The summed E-state index contributed by atoms with van der Waals surface area (Å²) in [7, 11) is -1.61. The molecule has 5 heteroatoms. The van der Waals surface area contributed by atoms with E-state index in [1.165, 1.54) is 4.31 Å². The zero-order chi connectivity index (χ0) is 14.3. The number of anilines is 1. The third-order valence-electron chi connectivity index (χ3n) is 3.05. The Hall–Kier alpha value is -1.07. The lowest BCUT2D eigenvalue weighted by molar-refractivity contribution is 0.586. The number of para-hydroxylation sites is 1. The van der Waals surface area contributed by atoms with Crippen LogP contribution in [-0.4, -0.2) is 34.3 Å². The van der Waals surface area contributed by atoms with Gasteiger partial charge in [0.25, 0.3) is 0 Å². The molecule has 1 aromatic rings. The molecule has 1 aromatic carbocycles. The van der Waals surface area contributed by atoms with Gasteiger partial charge in [0.2, 0.25) is 10.0 Å². The Morgan fingerprint density at radius 3 is 2.53 bits per heavy atom. The van der Waals surface area contributed by atoms with Crippen molar-refractivity contribution in [3.05, 3.63) is 29.8 Å². The van der Waals surface area contributed by atoms with Crippen molar-refractivity contribution in [2.45, 2.75) is 26.7 Å². The molecule has 0 radical (unpaired) electrons. The third kappa shape index (κ3) is 4.84. The Morgan fingerprint density at radius 2 is 1.89 bits per heavy atom. The quantitative estimate of drug-likeness (QED) is 0.744. The molecular weight excluding hydrogens is 260 g/mol. The third-order valence-corrected chi connectivity index (χ3v) is 4.89. The lowest BCUT2D eigenvalue weighted by Crippen LogP contribution is -2.31. The van der Waals surface area contributed by atoms with Crippen molar-refractivity contribution in [3.8, 4) is 0 Å². The molecule has 0 spiro atoms. The van der Waals surface area contributed by atoms with E-state index in [1.807, 2.05) is 31.2 Å². The average molecular weight is 284 g/mol. The highest BCUT2D eigenvalue weighted by atomic mass is 32.2.